The van der Waals surface area contributed by atoms with Crippen molar-refractivity contribution >= 4 is 23.3 Å². The Morgan fingerprint density at radius 2 is 1.94 bits per heavy atom. The SMILES string of the molecule is CC(=CC(=O)O)c1ccc(C(=O)NCc2cccnc2)c(NCCc2cccc(F)c2)n1. The van der Waals surface area contributed by atoms with E-state index in [0.29, 0.717) is 42.2 Å². The smallest absolute Gasteiger partial charge is 0.328 e. The molecule has 0 spiro atoms. The van der Waals surface area contributed by atoms with Gasteiger partial charge in [-0.3, -0.25) is 9.78 Å². The Balaban J connectivity index is 1.79. The fraction of sp³-hybridized carbons (Fsp3) is 0.167. The molecule has 2 heterocycles. The van der Waals surface area contributed by atoms with Gasteiger partial charge in [-0.25, -0.2) is 14.2 Å². The monoisotopic (exact) mass is 434 g/mol. The molecule has 3 rings (SSSR count). The van der Waals surface area contributed by atoms with Crippen molar-refractivity contribution in [2.75, 3.05) is 11.9 Å². The maximum Gasteiger partial charge on any atom is 0.328 e. The Labute approximate surface area is 185 Å². The summed E-state index contributed by atoms with van der Waals surface area (Å²) in [5.41, 5.74) is 2.86. The average molecular weight is 434 g/mol. The zero-order valence-electron chi connectivity index (χ0n) is 17.5. The summed E-state index contributed by atoms with van der Waals surface area (Å²) < 4.78 is 13.4. The third kappa shape index (κ3) is 6.46. The second-order valence-electron chi connectivity index (χ2n) is 7.11. The summed E-state index contributed by atoms with van der Waals surface area (Å²) in [6, 6.07) is 13.1. The van der Waals surface area contributed by atoms with Crippen molar-refractivity contribution in [1.82, 2.24) is 15.3 Å². The lowest BCUT2D eigenvalue weighted by Gasteiger charge is -2.13. The molecule has 0 aliphatic rings. The summed E-state index contributed by atoms with van der Waals surface area (Å²) in [5, 5.41) is 15.0. The number of hydrogen-bond acceptors (Lipinski definition) is 5. The van der Waals surface area contributed by atoms with Gasteiger partial charge in [-0.15, -0.1) is 0 Å². The van der Waals surface area contributed by atoms with E-state index < -0.39 is 5.97 Å². The number of aromatic nitrogens is 2. The number of nitrogens with one attached hydrogen (secondary N) is 2. The number of rotatable bonds is 9. The van der Waals surface area contributed by atoms with E-state index in [-0.39, 0.29) is 11.7 Å². The molecule has 7 nitrogen and oxygen atoms in total. The zero-order valence-corrected chi connectivity index (χ0v) is 17.5. The molecule has 2 aromatic heterocycles. The maximum atomic E-state index is 13.4. The molecular formula is C24H23FN4O3. The van der Waals surface area contributed by atoms with Crippen LogP contribution in [0, 0.1) is 5.82 Å². The number of anilines is 1. The van der Waals surface area contributed by atoms with E-state index in [0.717, 1.165) is 17.2 Å². The number of pyridine rings is 2. The summed E-state index contributed by atoms with van der Waals surface area (Å²) in [7, 11) is 0. The molecule has 0 unspecified atom stereocenters. The third-order valence-corrected chi connectivity index (χ3v) is 4.65. The summed E-state index contributed by atoms with van der Waals surface area (Å²) >= 11 is 0. The van der Waals surface area contributed by atoms with Crippen LogP contribution in [0.4, 0.5) is 10.2 Å². The standard InChI is InChI=1S/C24H23FN4O3/c1-16(12-22(30)31)21-8-7-20(24(32)28-15-18-5-3-10-26-14-18)23(29-21)27-11-9-17-4-2-6-19(25)13-17/h2-8,10,12-14H,9,11,15H2,1H3,(H,27,29)(H,28,32)(H,30,31). The van der Waals surface area contributed by atoms with Crippen molar-refractivity contribution in [3.8, 4) is 0 Å². The first kappa shape index (κ1) is 22.6. The van der Waals surface area contributed by atoms with E-state index in [9.17, 15) is 14.0 Å². The first-order valence-corrected chi connectivity index (χ1v) is 10.0. The van der Waals surface area contributed by atoms with Gasteiger partial charge in [0.05, 0.1) is 11.3 Å². The fourth-order valence-corrected chi connectivity index (χ4v) is 3.05. The van der Waals surface area contributed by atoms with Crippen LogP contribution in [-0.2, 0) is 17.8 Å². The normalized spacial score (nSPS) is 11.1. The highest BCUT2D eigenvalue weighted by atomic mass is 19.1. The van der Waals surface area contributed by atoms with Gasteiger partial charge < -0.3 is 15.7 Å². The van der Waals surface area contributed by atoms with E-state index in [1.54, 1.807) is 43.6 Å². The summed E-state index contributed by atoms with van der Waals surface area (Å²) in [6.07, 6.45) is 4.90. The topological polar surface area (TPSA) is 104 Å². The maximum absolute atomic E-state index is 13.4. The minimum Gasteiger partial charge on any atom is -0.478 e. The largest absolute Gasteiger partial charge is 0.478 e. The van der Waals surface area contributed by atoms with Crippen molar-refractivity contribution in [3.05, 3.63) is 95.2 Å². The number of allylic oxidation sites excluding steroid dienone is 1. The molecule has 0 atom stereocenters. The molecular weight excluding hydrogens is 411 g/mol. The Bertz CT molecular complexity index is 1130. The summed E-state index contributed by atoms with van der Waals surface area (Å²) in [5.74, 6) is -1.41. The lowest BCUT2D eigenvalue weighted by atomic mass is 10.1. The van der Waals surface area contributed by atoms with Crippen molar-refractivity contribution in [2.24, 2.45) is 0 Å². The fourth-order valence-electron chi connectivity index (χ4n) is 3.05. The van der Waals surface area contributed by atoms with Crippen molar-refractivity contribution in [3.63, 3.8) is 0 Å². The van der Waals surface area contributed by atoms with E-state index in [1.807, 2.05) is 12.1 Å². The molecule has 0 aliphatic carbocycles. The number of amides is 1. The first-order chi connectivity index (χ1) is 15.4. The van der Waals surface area contributed by atoms with Crippen molar-refractivity contribution < 1.29 is 19.1 Å². The minimum absolute atomic E-state index is 0.301. The van der Waals surface area contributed by atoms with Crippen LogP contribution in [-0.4, -0.2) is 33.5 Å². The second kappa shape index (κ2) is 10.8. The molecule has 0 bridgehead atoms. The molecule has 0 saturated carbocycles. The van der Waals surface area contributed by atoms with Gasteiger partial charge in [-0.1, -0.05) is 18.2 Å². The van der Waals surface area contributed by atoms with Gasteiger partial charge in [0.1, 0.15) is 11.6 Å². The third-order valence-electron chi connectivity index (χ3n) is 4.65. The number of carbonyl (C=O) groups excluding carboxylic acids is 1. The van der Waals surface area contributed by atoms with Crippen LogP contribution in [0.1, 0.15) is 34.1 Å². The molecule has 0 fully saturated rings. The predicted molar refractivity (Wildman–Crippen MR) is 120 cm³/mol. The molecule has 3 aromatic rings. The van der Waals surface area contributed by atoms with E-state index in [2.05, 4.69) is 20.6 Å². The Hall–Kier alpha value is -4.07. The lowest BCUT2D eigenvalue weighted by Crippen LogP contribution is -2.25. The van der Waals surface area contributed by atoms with Gasteiger partial charge in [0, 0.05) is 31.6 Å². The summed E-state index contributed by atoms with van der Waals surface area (Å²) in [4.78, 5) is 32.3. The van der Waals surface area contributed by atoms with Gasteiger partial charge in [0.2, 0.25) is 0 Å². The molecule has 32 heavy (non-hydrogen) atoms. The molecule has 0 saturated heterocycles. The lowest BCUT2D eigenvalue weighted by molar-refractivity contribution is -0.131. The number of nitrogens with zero attached hydrogens (tertiary/aromatic N) is 2. The zero-order chi connectivity index (χ0) is 22.9. The van der Waals surface area contributed by atoms with Crippen LogP contribution in [0.25, 0.3) is 5.57 Å². The van der Waals surface area contributed by atoms with E-state index >= 15 is 0 Å². The van der Waals surface area contributed by atoms with Gasteiger partial charge in [0.15, 0.2) is 0 Å². The van der Waals surface area contributed by atoms with Crippen LogP contribution in [0.3, 0.4) is 0 Å². The number of benzene rings is 1. The van der Waals surface area contributed by atoms with Crippen LogP contribution >= 0.6 is 0 Å². The molecule has 164 valence electrons. The van der Waals surface area contributed by atoms with Crippen LogP contribution in [0.2, 0.25) is 0 Å². The van der Waals surface area contributed by atoms with Crippen molar-refractivity contribution in [1.29, 1.82) is 0 Å². The Morgan fingerprint density at radius 3 is 2.66 bits per heavy atom. The van der Waals surface area contributed by atoms with Gasteiger partial charge in [0.25, 0.3) is 5.91 Å². The molecule has 0 radical (unpaired) electrons. The van der Waals surface area contributed by atoms with E-state index in [1.165, 1.54) is 12.1 Å². The van der Waals surface area contributed by atoms with E-state index in [4.69, 9.17) is 5.11 Å². The highest BCUT2D eigenvalue weighted by molar-refractivity contribution is 5.99. The predicted octanol–water partition coefficient (Wildman–Crippen LogP) is 3.69. The van der Waals surface area contributed by atoms with Gasteiger partial charge in [-0.05, 0) is 60.4 Å². The molecule has 1 aromatic carbocycles. The number of carboxylic acid groups (broad SMARTS) is 1. The Morgan fingerprint density at radius 1 is 1.12 bits per heavy atom. The minimum atomic E-state index is -1.08. The van der Waals surface area contributed by atoms with Crippen molar-refractivity contribution in [2.45, 2.75) is 19.9 Å². The Kier molecular flexibility index (Phi) is 7.64. The molecule has 1 amide bonds. The molecule has 8 heteroatoms. The highest BCUT2D eigenvalue weighted by Crippen LogP contribution is 2.19. The van der Waals surface area contributed by atoms with Crippen LogP contribution in [0.15, 0.2) is 67.0 Å². The molecule has 0 aliphatic heterocycles. The molecule has 3 N–H and O–H groups in total. The highest BCUT2D eigenvalue weighted by Gasteiger charge is 2.15. The van der Waals surface area contributed by atoms with Crippen LogP contribution in [0.5, 0.6) is 0 Å². The van der Waals surface area contributed by atoms with Crippen LogP contribution < -0.4 is 10.6 Å². The number of aliphatic carboxylic acids is 1. The van der Waals surface area contributed by atoms with Gasteiger partial charge in [-0.2, -0.15) is 0 Å². The second-order valence-corrected chi connectivity index (χ2v) is 7.11. The first-order valence-electron chi connectivity index (χ1n) is 10.0. The quantitative estimate of drug-likeness (QED) is 0.444. The number of halogens is 1. The summed E-state index contributed by atoms with van der Waals surface area (Å²) in [6.45, 7) is 2.34. The van der Waals surface area contributed by atoms with Gasteiger partial charge >= 0.3 is 5.97 Å². The number of hydrogen-bond donors (Lipinski definition) is 3. The average Bonchev–Trinajstić information content (AvgIpc) is 2.78. The number of carboxylic acids is 1. The number of carbonyl (C=O) groups is 2.